The molecule has 0 heterocycles. The quantitative estimate of drug-likeness (QED) is 0.210. The molecule has 5 heteroatoms. The fraction of sp³-hybridized carbons (Fsp3) is 0.419. The molecule has 36 heavy (non-hydrogen) atoms. The molecule has 0 saturated carbocycles. The van der Waals surface area contributed by atoms with Crippen LogP contribution in [-0.2, 0) is 10.8 Å². The molecule has 0 atom stereocenters. The molecule has 3 N–H and O–H groups in total. The summed E-state index contributed by atoms with van der Waals surface area (Å²) < 4.78 is 0. The van der Waals surface area contributed by atoms with Crippen molar-refractivity contribution in [1.29, 1.82) is 5.41 Å². The SMILES string of the molecule is Cc1cc(N/N=C2/C=C(Sc3ccc(C(C)(C)CC(C)(C)C)cc3)C=CC2=N)c(O)c(C(C)(C)C)c1. The molecule has 0 spiro atoms. The maximum Gasteiger partial charge on any atom is 0.144 e. The van der Waals surface area contributed by atoms with Gasteiger partial charge < -0.3 is 5.11 Å². The highest BCUT2D eigenvalue weighted by molar-refractivity contribution is 8.03. The summed E-state index contributed by atoms with van der Waals surface area (Å²) in [7, 11) is 0. The van der Waals surface area contributed by atoms with E-state index in [4.69, 9.17) is 5.41 Å². The van der Waals surface area contributed by atoms with Crippen LogP contribution in [-0.4, -0.2) is 16.5 Å². The van der Waals surface area contributed by atoms with Gasteiger partial charge in [0.05, 0.1) is 11.4 Å². The second-order valence-electron chi connectivity index (χ2n) is 12.6. The van der Waals surface area contributed by atoms with Gasteiger partial charge in [0.1, 0.15) is 11.5 Å². The highest BCUT2D eigenvalue weighted by Gasteiger charge is 2.27. The summed E-state index contributed by atoms with van der Waals surface area (Å²) >= 11 is 1.66. The van der Waals surface area contributed by atoms with E-state index in [1.807, 2.05) is 31.2 Å². The van der Waals surface area contributed by atoms with Gasteiger partial charge in [0.25, 0.3) is 0 Å². The van der Waals surface area contributed by atoms with E-state index >= 15 is 0 Å². The first-order chi connectivity index (χ1) is 16.5. The molecule has 0 fully saturated rings. The van der Waals surface area contributed by atoms with E-state index in [2.05, 4.69) is 90.2 Å². The van der Waals surface area contributed by atoms with Gasteiger partial charge >= 0.3 is 0 Å². The third kappa shape index (κ3) is 7.13. The zero-order valence-corrected chi connectivity index (χ0v) is 24.0. The van der Waals surface area contributed by atoms with Crippen LogP contribution in [0.5, 0.6) is 5.75 Å². The number of allylic oxidation sites excluding steroid dienone is 3. The molecule has 3 rings (SSSR count). The van der Waals surface area contributed by atoms with Crippen molar-refractivity contribution in [3.8, 4) is 5.75 Å². The summed E-state index contributed by atoms with van der Waals surface area (Å²) in [4.78, 5) is 2.16. The average Bonchev–Trinajstić information content (AvgIpc) is 2.74. The Hall–Kier alpha value is -2.79. The molecule has 0 aromatic heterocycles. The van der Waals surface area contributed by atoms with E-state index in [9.17, 15) is 5.11 Å². The predicted molar refractivity (Wildman–Crippen MR) is 157 cm³/mol. The van der Waals surface area contributed by atoms with Crippen LogP contribution >= 0.6 is 11.8 Å². The Kier molecular flexibility index (Phi) is 7.95. The van der Waals surface area contributed by atoms with E-state index in [1.165, 1.54) is 5.56 Å². The van der Waals surface area contributed by atoms with Crippen LogP contribution in [0.3, 0.4) is 0 Å². The standard InChI is InChI=1S/C31H41N3OS/c1-20-16-24(30(5,6)7)28(35)27(17-20)34-33-26-18-23(14-15-25(26)32)36-22-12-10-21(11-13-22)31(8,9)19-29(2,3)4/h10-18,32,34-35H,19H2,1-9H3/b32-25?,33-26-. The van der Waals surface area contributed by atoms with Crippen LogP contribution in [0.25, 0.3) is 0 Å². The largest absolute Gasteiger partial charge is 0.505 e. The van der Waals surface area contributed by atoms with Crippen molar-refractivity contribution in [2.45, 2.75) is 84.5 Å². The Balaban J connectivity index is 1.78. The van der Waals surface area contributed by atoms with Crippen LogP contribution in [0.15, 0.2) is 69.5 Å². The van der Waals surface area contributed by atoms with Gasteiger partial charge in [0.15, 0.2) is 0 Å². The van der Waals surface area contributed by atoms with Gasteiger partial charge in [-0.3, -0.25) is 10.8 Å². The summed E-state index contributed by atoms with van der Waals surface area (Å²) in [6.07, 6.45) is 6.74. The van der Waals surface area contributed by atoms with Gasteiger partial charge in [0, 0.05) is 15.4 Å². The highest BCUT2D eigenvalue weighted by Crippen LogP contribution is 2.39. The normalized spacial score (nSPS) is 15.9. The first kappa shape index (κ1) is 27.8. The van der Waals surface area contributed by atoms with Crippen molar-refractivity contribution < 1.29 is 5.11 Å². The zero-order valence-electron chi connectivity index (χ0n) is 23.2. The summed E-state index contributed by atoms with van der Waals surface area (Å²) in [6.45, 7) is 19.7. The van der Waals surface area contributed by atoms with Crippen molar-refractivity contribution in [3.63, 3.8) is 0 Å². The number of phenols is 1. The predicted octanol–water partition coefficient (Wildman–Crippen LogP) is 8.75. The molecule has 2 aromatic rings. The molecule has 0 bridgehead atoms. The number of benzene rings is 2. The Morgan fingerprint density at radius 1 is 0.944 bits per heavy atom. The summed E-state index contributed by atoms with van der Waals surface area (Å²) in [6, 6.07) is 12.7. The molecule has 0 unspecified atom stereocenters. The van der Waals surface area contributed by atoms with Gasteiger partial charge in [0.2, 0.25) is 0 Å². The van der Waals surface area contributed by atoms with Crippen molar-refractivity contribution in [2.75, 3.05) is 5.43 Å². The number of rotatable bonds is 6. The first-order valence-corrected chi connectivity index (χ1v) is 13.3. The fourth-order valence-corrected chi connectivity index (χ4v) is 5.61. The van der Waals surface area contributed by atoms with Gasteiger partial charge in [-0.2, -0.15) is 5.10 Å². The van der Waals surface area contributed by atoms with Crippen LogP contribution in [0.2, 0.25) is 0 Å². The summed E-state index contributed by atoms with van der Waals surface area (Å²) in [5.74, 6) is 0.198. The lowest BCUT2D eigenvalue weighted by molar-refractivity contribution is 0.284. The number of anilines is 1. The van der Waals surface area contributed by atoms with E-state index in [0.717, 1.165) is 27.3 Å². The van der Waals surface area contributed by atoms with Gasteiger partial charge in [-0.15, -0.1) is 0 Å². The first-order valence-electron chi connectivity index (χ1n) is 12.5. The smallest absolute Gasteiger partial charge is 0.144 e. The molecule has 0 saturated heterocycles. The molecule has 1 aliphatic carbocycles. The lowest BCUT2D eigenvalue weighted by Gasteiger charge is -2.33. The van der Waals surface area contributed by atoms with Crippen LogP contribution < -0.4 is 5.43 Å². The molecule has 1 aliphatic rings. The summed E-state index contributed by atoms with van der Waals surface area (Å²) in [5.41, 5.74) is 7.85. The average molecular weight is 504 g/mol. The fourth-order valence-electron chi connectivity index (χ4n) is 4.76. The topological polar surface area (TPSA) is 68.5 Å². The van der Waals surface area contributed by atoms with Crippen molar-refractivity contribution in [1.82, 2.24) is 0 Å². The third-order valence-electron chi connectivity index (χ3n) is 6.17. The van der Waals surface area contributed by atoms with Crippen molar-refractivity contribution >= 4 is 28.9 Å². The van der Waals surface area contributed by atoms with Crippen LogP contribution in [0, 0.1) is 17.7 Å². The van der Waals surface area contributed by atoms with Crippen LogP contribution in [0.1, 0.15) is 78.5 Å². The molecular weight excluding hydrogens is 462 g/mol. The number of hydrogen-bond acceptors (Lipinski definition) is 5. The number of phenolic OH excluding ortho intramolecular Hbond substituents is 1. The number of thioether (sulfide) groups is 1. The van der Waals surface area contributed by atoms with E-state index in [-0.39, 0.29) is 22.0 Å². The lowest BCUT2D eigenvalue weighted by atomic mass is 9.72. The minimum Gasteiger partial charge on any atom is -0.505 e. The molecule has 2 aromatic carbocycles. The molecule has 192 valence electrons. The van der Waals surface area contributed by atoms with E-state index in [0.29, 0.717) is 17.1 Å². The zero-order chi connectivity index (χ0) is 26.9. The third-order valence-corrected chi connectivity index (χ3v) is 7.17. The minimum atomic E-state index is -0.193. The van der Waals surface area contributed by atoms with Crippen molar-refractivity contribution in [3.05, 3.63) is 76.2 Å². The Morgan fingerprint density at radius 2 is 1.58 bits per heavy atom. The minimum absolute atomic E-state index is 0.111. The molecular formula is C31H41N3OS. The van der Waals surface area contributed by atoms with Gasteiger partial charge in [-0.05, 0) is 77.1 Å². The lowest BCUT2D eigenvalue weighted by Crippen LogP contribution is -2.24. The van der Waals surface area contributed by atoms with E-state index < -0.39 is 0 Å². The Labute approximate surface area is 221 Å². The van der Waals surface area contributed by atoms with Gasteiger partial charge in [-0.1, -0.05) is 85.4 Å². The molecule has 0 aliphatic heterocycles. The van der Waals surface area contributed by atoms with Gasteiger partial charge in [-0.25, -0.2) is 0 Å². The molecule has 0 radical (unpaired) electrons. The maximum absolute atomic E-state index is 10.8. The van der Waals surface area contributed by atoms with Crippen LogP contribution in [0.4, 0.5) is 5.69 Å². The number of aromatic hydroxyl groups is 1. The number of nitrogens with one attached hydrogen (secondary N) is 2. The summed E-state index contributed by atoms with van der Waals surface area (Å²) in [5, 5.41) is 23.6. The molecule has 4 nitrogen and oxygen atoms in total. The highest BCUT2D eigenvalue weighted by atomic mass is 32.2. The molecule has 0 amide bonds. The Morgan fingerprint density at radius 3 is 2.17 bits per heavy atom. The maximum atomic E-state index is 10.8. The number of hydrazone groups is 1. The second-order valence-corrected chi connectivity index (χ2v) is 13.8. The number of nitrogens with zero attached hydrogens (tertiary/aromatic N) is 1. The monoisotopic (exact) mass is 503 g/mol. The number of hydrogen-bond donors (Lipinski definition) is 3. The second kappa shape index (κ2) is 10.3. The van der Waals surface area contributed by atoms with Crippen molar-refractivity contribution in [2.24, 2.45) is 10.5 Å². The Bertz CT molecular complexity index is 1220. The van der Waals surface area contributed by atoms with E-state index in [1.54, 1.807) is 17.8 Å². The number of aryl methyl sites for hydroxylation is 1.